The van der Waals surface area contributed by atoms with Gasteiger partial charge in [-0.25, -0.2) is 0 Å². The van der Waals surface area contributed by atoms with Gasteiger partial charge in [0.2, 0.25) is 11.8 Å². The van der Waals surface area contributed by atoms with Gasteiger partial charge in [0.15, 0.2) is 0 Å². The maximum absolute atomic E-state index is 11.9. The van der Waals surface area contributed by atoms with E-state index in [4.69, 9.17) is 0 Å². The molecule has 1 aliphatic heterocycles. The molecule has 1 fully saturated rings. The van der Waals surface area contributed by atoms with Gasteiger partial charge in [0.05, 0.1) is 6.54 Å². The Balaban J connectivity index is 2.21. The molecule has 0 saturated carbocycles. The Morgan fingerprint density at radius 1 is 1.28 bits per heavy atom. The molecule has 0 bridgehead atoms. The molecule has 0 aliphatic carbocycles. The van der Waals surface area contributed by atoms with Gasteiger partial charge in [-0.1, -0.05) is 6.92 Å². The molecule has 2 N–H and O–H groups in total. The van der Waals surface area contributed by atoms with Crippen LogP contribution < -0.4 is 10.6 Å². The first-order valence-corrected chi connectivity index (χ1v) is 6.86. The van der Waals surface area contributed by atoms with E-state index < -0.39 is 0 Å². The standard InChI is InChI=1S/C13H25N3O2/c1-3-4-12(17)15-10-13(18)16-7-5-11(6-8-16)9-14-2/h11,14H,3-10H2,1-2H3,(H,15,17). The molecule has 0 atom stereocenters. The van der Waals surface area contributed by atoms with Crippen molar-refractivity contribution in [3.8, 4) is 0 Å². The van der Waals surface area contributed by atoms with E-state index >= 15 is 0 Å². The zero-order valence-corrected chi connectivity index (χ0v) is 11.5. The Hall–Kier alpha value is -1.10. The van der Waals surface area contributed by atoms with E-state index in [-0.39, 0.29) is 18.4 Å². The molecule has 104 valence electrons. The summed E-state index contributed by atoms with van der Waals surface area (Å²) in [6.07, 6.45) is 3.41. The Bertz CT molecular complexity index is 273. The fourth-order valence-electron chi connectivity index (χ4n) is 2.28. The van der Waals surface area contributed by atoms with Crippen LogP contribution in [0.1, 0.15) is 32.6 Å². The summed E-state index contributed by atoms with van der Waals surface area (Å²) in [5, 5.41) is 5.85. The first-order chi connectivity index (χ1) is 8.67. The smallest absolute Gasteiger partial charge is 0.241 e. The third-order valence-electron chi connectivity index (χ3n) is 3.37. The van der Waals surface area contributed by atoms with E-state index in [1.807, 2.05) is 18.9 Å². The van der Waals surface area contributed by atoms with Gasteiger partial charge in [0.1, 0.15) is 0 Å². The number of hydrogen-bond donors (Lipinski definition) is 2. The first kappa shape index (κ1) is 15.0. The normalized spacial score (nSPS) is 16.7. The van der Waals surface area contributed by atoms with Crippen LogP contribution in [0.15, 0.2) is 0 Å². The number of hydrogen-bond acceptors (Lipinski definition) is 3. The van der Waals surface area contributed by atoms with Gasteiger partial charge in [-0.3, -0.25) is 9.59 Å². The zero-order chi connectivity index (χ0) is 13.4. The highest BCUT2D eigenvalue weighted by molar-refractivity contribution is 5.84. The van der Waals surface area contributed by atoms with E-state index in [1.165, 1.54) is 0 Å². The lowest BCUT2D eigenvalue weighted by Gasteiger charge is -2.32. The third kappa shape index (κ3) is 5.04. The fourth-order valence-corrected chi connectivity index (χ4v) is 2.28. The van der Waals surface area contributed by atoms with Crippen molar-refractivity contribution in [1.82, 2.24) is 15.5 Å². The minimum absolute atomic E-state index is 0.0316. The zero-order valence-electron chi connectivity index (χ0n) is 11.5. The molecule has 0 unspecified atom stereocenters. The molecule has 0 spiro atoms. The van der Waals surface area contributed by atoms with Crippen LogP contribution in [-0.2, 0) is 9.59 Å². The summed E-state index contributed by atoms with van der Waals surface area (Å²) in [4.78, 5) is 25.0. The predicted octanol–water partition coefficient (Wildman–Crippen LogP) is 0.361. The van der Waals surface area contributed by atoms with Crippen LogP contribution in [0.2, 0.25) is 0 Å². The van der Waals surface area contributed by atoms with Gasteiger partial charge in [0.25, 0.3) is 0 Å². The molecule has 0 radical (unpaired) electrons. The molecule has 1 heterocycles. The second-order valence-corrected chi connectivity index (χ2v) is 4.91. The van der Waals surface area contributed by atoms with Crippen molar-refractivity contribution in [2.45, 2.75) is 32.6 Å². The Kier molecular flexibility index (Phi) is 6.72. The molecular formula is C13H25N3O2. The summed E-state index contributed by atoms with van der Waals surface area (Å²) in [7, 11) is 1.96. The van der Waals surface area contributed by atoms with Crippen LogP contribution in [0, 0.1) is 5.92 Å². The van der Waals surface area contributed by atoms with E-state index in [0.717, 1.165) is 38.9 Å². The van der Waals surface area contributed by atoms with E-state index in [9.17, 15) is 9.59 Å². The lowest BCUT2D eigenvalue weighted by Crippen LogP contribution is -2.45. The molecule has 0 aromatic rings. The van der Waals surface area contributed by atoms with Gasteiger partial charge in [0, 0.05) is 19.5 Å². The van der Waals surface area contributed by atoms with Crippen molar-refractivity contribution >= 4 is 11.8 Å². The van der Waals surface area contributed by atoms with Crippen molar-refractivity contribution < 1.29 is 9.59 Å². The van der Waals surface area contributed by atoms with Crippen LogP contribution >= 0.6 is 0 Å². The SMILES string of the molecule is CCCC(=O)NCC(=O)N1CCC(CNC)CC1. The summed E-state index contributed by atoms with van der Waals surface area (Å²) in [5.41, 5.74) is 0. The van der Waals surface area contributed by atoms with Gasteiger partial charge in [-0.15, -0.1) is 0 Å². The molecule has 0 aromatic heterocycles. The summed E-state index contributed by atoms with van der Waals surface area (Å²) >= 11 is 0. The van der Waals surface area contributed by atoms with Gasteiger partial charge >= 0.3 is 0 Å². The number of nitrogens with one attached hydrogen (secondary N) is 2. The van der Waals surface area contributed by atoms with Crippen LogP contribution in [0.4, 0.5) is 0 Å². The number of nitrogens with zero attached hydrogens (tertiary/aromatic N) is 1. The van der Waals surface area contributed by atoms with Crippen LogP contribution in [-0.4, -0.2) is 49.9 Å². The molecule has 5 nitrogen and oxygen atoms in total. The summed E-state index contributed by atoms with van der Waals surface area (Å²) in [5.74, 6) is 0.687. The van der Waals surface area contributed by atoms with Crippen molar-refractivity contribution in [1.29, 1.82) is 0 Å². The lowest BCUT2D eigenvalue weighted by molar-refractivity contribution is -0.134. The monoisotopic (exact) mass is 255 g/mol. The molecule has 1 rings (SSSR count). The number of carbonyl (C=O) groups is 2. The molecular weight excluding hydrogens is 230 g/mol. The second-order valence-electron chi connectivity index (χ2n) is 4.91. The lowest BCUT2D eigenvalue weighted by atomic mass is 9.97. The fraction of sp³-hybridized carbons (Fsp3) is 0.846. The largest absolute Gasteiger partial charge is 0.347 e. The summed E-state index contributed by atoms with van der Waals surface area (Å²) in [6, 6.07) is 0. The number of amides is 2. The quantitative estimate of drug-likeness (QED) is 0.720. The first-order valence-electron chi connectivity index (χ1n) is 6.86. The van der Waals surface area contributed by atoms with E-state index in [0.29, 0.717) is 12.3 Å². The molecule has 18 heavy (non-hydrogen) atoms. The minimum atomic E-state index is -0.0316. The van der Waals surface area contributed by atoms with Gasteiger partial charge < -0.3 is 15.5 Å². The highest BCUT2D eigenvalue weighted by Gasteiger charge is 2.22. The minimum Gasteiger partial charge on any atom is -0.347 e. The van der Waals surface area contributed by atoms with Crippen molar-refractivity contribution in [2.75, 3.05) is 33.2 Å². The molecule has 5 heteroatoms. The van der Waals surface area contributed by atoms with Gasteiger partial charge in [-0.05, 0) is 38.8 Å². The Morgan fingerprint density at radius 2 is 1.94 bits per heavy atom. The number of carbonyl (C=O) groups excluding carboxylic acids is 2. The van der Waals surface area contributed by atoms with Gasteiger partial charge in [-0.2, -0.15) is 0 Å². The second kappa shape index (κ2) is 8.08. The Morgan fingerprint density at radius 3 is 2.50 bits per heavy atom. The highest BCUT2D eigenvalue weighted by atomic mass is 16.2. The van der Waals surface area contributed by atoms with Crippen molar-refractivity contribution in [2.24, 2.45) is 5.92 Å². The van der Waals surface area contributed by atoms with E-state index in [1.54, 1.807) is 0 Å². The Labute approximate surface area is 109 Å². The number of piperidine rings is 1. The number of likely N-dealkylation sites (tertiary alicyclic amines) is 1. The average molecular weight is 255 g/mol. The molecule has 2 amide bonds. The maximum Gasteiger partial charge on any atom is 0.241 e. The third-order valence-corrected chi connectivity index (χ3v) is 3.37. The summed E-state index contributed by atoms with van der Waals surface area (Å²) < 4.78 is 0. The molecule has 1 saturated heterocycles. The highest BCUT2D eigenvalue weighted by Crippen LogP contribution is 2.16. The summed E-state index contributed by atoms with van der Waals surface area (Å²) in [6.45, 7) is 4.75. The maximum atomic E-state index is 11.9. The predicted molar refractivity (Wildman–Crippen MR) is 71.1 cm³/mol. The molecule has 0 aromatic carbocycles. The topological polar surface area (TPSA) is 61.4 Å². The van der Waals surface area contributed by atoms with Crippen LogP contribution in [0.5, 0.6) is 0 Å². The van der Waals surface area contributed by atoms with Crippen LogP contribution in [0.25, 0.3) is 0 Å². The average Bonchev–Trinajstić information content (AvgIpc) is 2.37. The van der Waals surface area contributed by atoms with E-state index in [2.05, 4.69) is 10.6 Å². The van der Waals surface area contributed by atoms with Crippen molar-refractivity contribution in [3.05, 3.63) is 0 Å². The molecule has 1 aliphatic rings. The van der Waals surface area contributed by atoms with Crippen LogP contribution in [0.3, 0.4) is 0 Å². The van der Waals surface area contributed by atoms with Crippen molar-refractivity contribution in [3.63, 3.8) is 0 Å². The number of rotatable bonds is 6.